The lowest BCUT2D eigenvalue weighted by atomic mass is 10.0. The standard InChI is InChI=1S/C16H24N2O2/c1-2-15-14(7-10-20-15)16(19)18-8-5-13(6-9-18)17-11-12-3-4-12/h7,10,12-13,17H,2-6,8-9,11H2,1H3. The SMILES string of the molecule is CCc1occc1C(=O)N1CCC(NCC2CC2)CC1. The summed E-state index contributed by atoms with van der Waals surface area (Å²) in [6, 6.07) is 2.40. The Labute approximate surface area is 120 Å². The second kappa shape index (κ2) is 6.00. The van der Waals surface area contributed by atoms with E-state index in [0.29, 0.717) is 6.04 Å². The maximum Gasteiger partial charge on any atom is 0.257 e. The fourth-order valence-electron chi connectivity index (χ4n) is 2.92. The van der Waals surface area contributed by atoms with Gasteiger partial charge < -0.3 is 14.6 Å². The minimum Gasteiger partial charge on any atom is -0.469 e. The summed E-state index contributed by atoms with van der Waals surface area (Å²) in [5, 5.41) is 3.64. The number of furan rings is 1. The summed E-state index contributed by atoms with van der Waals surface area (Å²) >= 11 is 0. The molecule has 1 amide bonds. The van der Waals surface area contributed by atoms with Crippen molar-refractivity contribution < 1.29 is 9.21 Å². The zero-order valence-corrected chi connectivity index (χ0v) is 12.2. The molecule has 2 aliphatic rings. The Kier molecular flexibility index (Phi) is 4.10. The third kappa shape index (κ3) is 3.06. The average Bonchev–Trinajstić information content (AvgIpc) is 3.20. The van der Waals surface area contributed by atoms with Gasteiger partial charge in [0.1, 0.15) is 5.76 Å². The Morgan fingerprint density at radius 2 is 2.10 bits per heavy atom. The molecule has 3 rings (SSSR count). The second-order valence-electron chi connectivity index (χ2n) is 6.03. The van der Waals surface area contributed by atoms with Gasteiger partial charge in [0.05, 0.1) is 11.8 Å². The molecule has 0 bridgehead atoms. The number of carbonyl (C=O) groups is 1. The predicted octanol–water partition coefficient (Wildman–Crippen LogP) is 2.45. The topological polar surface area (TPSA) is 45.5 Å². The first-order valence-electron chi connectivity index (χ1n) is 7.87. The second-order valence-corrected chi connectivity index (χ2v) is 6.03. The Bertz CT molecular complexity index is 457. The smallest absolute Gasteiger partial charge is 0.257 e. The summed E-state index contributed by atoms with van der Waals surface area (Å²) in [5.41, 5.74) is 0.747. The van der Waals surface area contributed by atoms with Crippen molar-refractivity contribution in [3.8, 4) is 0 Å². The molecule has 1 saturated carbocycles. The molecule has 20 heavy (non-hydrogen) atoms. The van der Waals surface area contributed by atoms with Gasteiger partial charge in [-0.2, -0.15) is 0 Å². The van der Waals surface area contributed by atoms with E-state index in [2.05, 4.69) is 5.32 Å². The van der Waals surface area contributed by atoms with Crippen LogP contribution in [-0.2, 0) is 6.42 Å². The van der Waals surface area contributed by atoms with Crippen LogP contribution in [0.3, 0.4) is 0 Å². The summed E-state index contributed by atoms with van der Waals surface area (Å²) in [6.07, 6.45) is 7.31. The Balaban J connectivity index is 1.50. The third-order valence-electron chi connectivity index (χ3n) is 4.47. The van der Waals surface area contributed by atoms with E-state index in [1.807, 2.05) is 11.8 Å². The highest BCUT2D eigenvalue weighted by Crippen LogP contribution is 2.28. The summed E-state index contributed by atoms with van der Waals surface area (Å²) in [7, 11) is 0. The summed E-state index contributed by atoms with van der Waals surface area (Å²) in [5.74, 6) is 1.87. The van der Waals surface area contributed by atoms with E-state index in [-0.39, 0.29) is 5.91 Å². The molecule has 1 N–H and O–H groups in total. The third-order valence-corrected chi connectivity index (χ3v) is 4.47. The molecule has 0 atom stereocenters. The van der Waals surface area contributed by atoms with Crippen molar-refractivity contribution in [2.45, 2.75) is 45.1 Å². The number of nitrogens with zero attached hydrogens (tertiary/aromatic N) is 1. The number of likely N-dealkylation sites (tertiary alicyclic amines) is 1. The van der Waals surface area contributed by atoms with E-state index in [1.165, 1.54) is 19.4 Å². The van der Waals surface area contributed by atoms with Crippen molar-refractivity contribution in [2.24, 2.45) is 5.92 Å². The number of hydrogen-bond acceptors (Lipinski definition) is 3. The molecule has 1 aliphatic carbocycles. The predicted molar refractivity (Wildman–Crippen MR) is 77.7 cm³/mol. The largest absolute Gasteiger partial charge is 0.469 e. The van der Waals surface area contributed by atoms with Gasteiger partial charge >= 0.3 is 0 Å². The van der Waals surface area contributed by atoms with E-state index in [1.54, 1.807) is 12.3 Å². The monoisotopic (exact) mass is 276 g/mol. The normalized spacial score (nSPS) is 20.4. The first-order chi connectivity index (χ1) is 9.78. The Hall–Kier alpha value is -1.29. The lowest BCUT2D eigenvalue weighted by Crippen LogP contribution is -2.45. The summed E-state index contributed by atoms with van der Waals surface area (Å²) < 4.78 is 5.36. The molecule has 2 fully saturated rings. The zero-order valence-electron chi connectivity index (χ0n) is 12.2. The fraction of sp³-hybridized carbons (Fsp3) is 0.688. The van der Waals surface area contributed by atoms with Crippen LogP contribution < -0.4 is 5.32 Å². The molecule has 2 heterocycles. The van der Waals surface area contributed by atoms with Crippen LogP contribution >= 0.6 is 0 Å². The van der Waals surface area contributed by atoms with E-state index >= 15 is 0 Å². The van der Waals surface area contributed by atoms with Crippen LogP contribution in [0.4, 0.5) is 0 Å². The van der Waals surface area contributed by atoms with Crippen LogP contribution in [0.1, 0.15) is 48.7 Å². The van der Waals surface area contributed by atoms with E-state index in [4.69, 9.17) is 4.42 Å². The van der Waals surface area contributed by atoms with Gasteiger partial charge in [-0.05, 0) is 44.2 Å². The molecule has 4 heteroatoms. The van der Waals surface area contributed by atoms with E-state index in [9.17, 15) is 4.79 Å². The van der Waals surface area contributed by atoms with Gasteiger partial charge in [0, 0.05) is 25.6 Å². The van der Waals surface area contributed by atoms with Crippen LogP contribution in [0.2, 0.25) is 0 Å². The molecule has 1 aromatic rings. The first kappa shape index (κ1) is 13.7. The Morgan fingerprint density at radius 3 is 2.75 bits per heavy atom. The van der Waals surface area contributed by atoms with Crippen molar-refractivity contribution in [1.29, 1.82) is 0 Å². The van der Waals surface area contributed by atoms with Crippen LogP contribution in [0.25, 0.3) is 0 Å². The molecule has 1 aromatic heterocycles. The highest BCUT2D eigenvalue weighted by Gasteiger charge is 2.27. The number of aryl methyl sites for hydroxylation is 1. The molecule has 0 unspecified atom stereocenters. The van der Waals surface area contributed by atoms with Gasteiger partial charge in [-0.15, -0.1) is 0 Å². The minimum absolute atomic E-state index is 0.135. The molecular formula is C16H24N2O2. The Morgan fingerprint density at radius 1 is 1.35 bits per heavy atom. The van der Waals surface area contributed by atoms with Crippen molar-refractivity contribution in [3.05, 3.63) is 23.7 Å². The van der Waals surface area contributed by atoms with Crippen molar-refractivity contribution in [1.82, 2.24) is 10.2 Å². The van der Waals surface area contributed by atoms with Crippen molar-refractivity contribution in [3.63, 3.8) is 0 Å². The van der Waals surface area contributed by atoms with Crippen LogP contribution in [0.15, 0.2) is 16.7 Å². The quantitative estimate of drug-likeness (QED) is 0.898. The van der Waals surface area contributed by atoms with Crippen molar-refractivity contribution in [2.75, 3.05) is 19.6 Å². The maximum absolute atomic E-state index is 12.5. The van der Waals surface area contributed by atoms with Crippen molar-refractivity contribution >= 4 is 5.91 Å². The maximum atomic E-state index is 12.5. The summed E-state index contributed by atoms with van der Waals surface area (Å²) in [4.78, 5) is 14.4. The van der Waals surface area contributed by atoms with Crippen LogP contribution in [0, 0.1) is 5.92 Å². The number of amides is 1. The number of piperidine rings is 1. The number of carbonyl (C=O) groups excluding carboxylic acids is 1. The molecular weight excluding hydrogens is 252 g/mol. The molecule has 1 aliphatic heterocycles. The number of nitrogens with one attached hydrogen (secondary N) is 1. The lowest BCUT2D eigenvalue weighted by molar-refractivity contribution is 0.0702. The average molecular weight is 276 g/mol. The van der Waals surface area contributed by atoms with E-state index < -0.39 is 0 Å². The molecule has 0 radical (unpaired) electrons. The highest BCUT2D eigenvalue weighted by atomic mass is 16.3. The first-order valence-corrected chi connectivity index (χ1v) is 7.87. The highest BCUT2D eigenvalue weighted by molar-refractivity contribution is 5.95. The molecule has 0 aromatic carbocycles. The van der Waals surface area contributed by atoms with Gasteiger partial charge in [0.15, 0.2) is 0 Å². The fourth-order valence-corrected chi connectivity index (χ4v) is 2.92. The zero-order chi connectivity index (χ0) is 13.9. The molecule has 1 saturated heterocycles. The van der Waals surface area contributed by atoms with Gasteiger partial charge in [0.25, 0.3) is 5.91 Å². The summed E-state index contributed by atoms with van der Waals surface area (Å²) in [6.45, 7) is 4.90. The number of hydrogen-bond donors (Lipinski definition) is 1. The minimum atomic E-state index is 0.135. The van der Waals surface area contributed by atoms with Gasteiger partial charge in [-0.25, -0.2) is 0 Å². The van der Waals surface area contributed by atoms with Crippen LogP contribution in [-0.4, -0.2) is 36.5 Å². The van der Waals surface area contributed by atoms with Crippen LogP contribution in [0.5, 0.6) is 0 Å². The molecule has 110 valence electrons. The van der Waals surface area contributed by atoms with Gasteiger partial charge in [-0.1, -0.05) is 6.92 Å². The molecule has 0 spiro atoms. The lowest BCUT2D eigenvalue weighted by Gasteiger charge is -2.32. The number of rotatable bonds is 5. The van der Waals surface area contributed by atoms with E-state index in [0.717, 1.165) is 49.6 Å². The molecule has 4 nitrogen and oxygen atoms in total. The van der Waals surface area contributed by atoms with Gasteiger partial charge in [-0.3, -0.25) is 4.79 Å². The van der Waals surface area contributed by atoms with Gasteiger partial charge in [0.2, 0.25) is 0 Å².